The number of carbonyl (C=O) groups excluding carboxylic acids is 1. The van der Waals surface area contributed by atoms with Gasteiger partial charge in [-0.25, -0.2) is 9.97 Å². The van der Waals surface area contributed by atoms with E-state index in [9.17, 15) is 9.59 Å². The number of para-hydroxylation sites is 1. The number of nitrogens with one attached hydrogen (secondary N) is 1. The lowest BCUT2D eigenvalue weighted by molar-refractivity contribution is -0.121. The highest BCUT2D eigenvalue weighted by molar-refractivity contribution is 7.13. The Kier molecular flexibility index (Phi) is 4.66. The van der Waals surface area contributed by atoms with Crippen molar-refractivity contribution in [3.05, 3.63) is 52.5 Å². The van der Waals surface area contributed by atoms with Gasteiger partial charge in [-0.2, -0.15) is 0 Å². The summed E-state index contributed by atoms with van der Waals surface area (Å²) in [5.74, 6) is -0.0453. The molecule has 1 atom stereocenters. The maximum Gasteiger partial charge on any atom is 0.261 e. The van der Waals surface area contributed by atoms with Crippen molar-refractivity contribution >= 4 is 33.3 Å². The van der Waals surface area contributed by atoms with E-state index in [0.717, 1.165) is 24.6 Å². The van der Waals surface area contributed by atoms with E-state index in [0.29, 0.717) is 17.4 Å². The minimum absolute atomic E-state index is 0.0453. The highest BCUT2D eigenvalue weighted by Gasteiger charge is 2.25. The number of aromatic nitrogens is 3. The second-order valence-electron chi connectivity index (χ2n) is 6.32. The Balaban J connectivity index is 1.33. The summed E-state index contributed by atoms with van der Waals surface area (Å²) in [6, 6.07) is 7.35. The smallest absolute Gasteiger partial charge is 0.261 e. The molecule has 1 aliphatic heterocycles. The summed E-state index contributed by atoms with van der Waals surface area (Å²) in [6.45, 7) is 1.99. The molecule has 1 N–H and O–H groups in total. The van der Waals surface area contributed by atoms with E-state index in [1.54, 1.807) is 23.6 Å². The second kappa shape index (κ2) is 7.25. The Morgan fingerprint density at radius 2 is 2.19 bits per heavy atom. The van der Waals surface area contributed by atoms with Crippen LogP contribution in [0, 0.1) is 0 Å². The molecular weight excluding hydrogens is 350 g/mol. The lowest BCUT2D eigenvalue weighted by Gasteiger charge is -2.16. The van der Waals surface area contributed by atoms with Crippen molar-refractivity contribution in [1.82, 2.24) is 19.9 Å². The number of aryl methyl sites for hydroxylation is 1. The number of anilines is 1. The number of fused-ring (bicyclic) bond motifs is 1. The first-order chi connectivity index (χ1) is 12.7. The first-order valence-corrected chi connectivity index (χ1v) is 9.46. The van der Waals surface area contributed by atoms with Crippen LogP contribution in [0.4, 0.5) is 5.13 Å². The summed E-state index contributed by atoms with van der Waals surface area (Å²) >= 11 is 1.61. The SMILES string of the molecule is O=C(CCn1cnc2ccccc2c1=O)NC1CCN(c2nccs2)C1. The molecular formula is C18H19N5O2S. The molecule has 1 fully saturated rings. The van der Waals surface area contributed by atoms with Gasteiger partial charge in [0.1, 0.15) is 0 Å². The van der Waals surface area contributed by atoms with Crippen LogP contribution in [0.25, 0.3) is 10.9 Å². The molecule has 1 unspecified atom stereocenters. The largest absolute Gasteiger partial charge is 0.351 e. The summed E-state index contributed by atoms with van der Waals surface area (Å²) in [5, 5.41) is 6.58. The zero-order chi connectivity index (χ0) is 17.9. The quantitative estimate of drug-likeness (QED) is 0.740. The van der Waals surface area contributed by atoms with Gasteiger partial charge in [-0.3, -0.25) is 14.2 Å². The Bertz CT molecular complexity index is 969. The number of carbonyl (C=O) groups is 1. The van der Waals surface area contributed by atoms with E-state index in [-0.39, 0.29) is 23.9 Å². The fraction of sp³-hybridized carbons (Fsp3) is 0.333. The van der Waals surface area contributed by atoms with Gasteiger partial charge in [0.25, 0.3) is 5.56 Å². The van der Waals surface area contributed by atoms with Crippen molar-refractivity contribution in [3.63, 3.8) is 0 Å². The lowest BCUT2D eigenvalue weighted by atomic mass is 10.2. The minimum Gasteiger partial charge on any atom is -0.351 e. The lowest BCUT2D eigenvalue weighted by Crippen LogP contribution is -2.37. The molecule has 7 nitrogen and oxygen atoms in total. The third kappa shape index (κ3) is 3.45. The summed E-state index contributed by atoms with van der Waals surface area (Å²) in [6.07, 6.45) is 4.47. The van der Waals surface area contributed by atoms with Crippen LogP contribution in [0.5, 0.6) is 0 Å². The van der Waals surface area contributed by atoms with Gasteiger partial charge in [0.2, 0.25) is 5.91 Å². The topological polar surface area (TPSA) is 80.1 Å². The molecule has 1 aliphatic rings. The molecule has 134 valence electrons. The molecule has 0 saturated carbocycles. The molecule has 0 aliphatic carbocycles. The van der Waals surface area contributed by atoms with Crippen molar-refractivity contribution in [2.75, 3.05) is 18.0 Å². The van der Waals surface area contributed by atoms with Crippen LogP contribution in [-0.4, -0.2) is 39.6 Å². The van der Waals surface area contributed by atoms with E-state index in [4.69, 9.17) is 0 Å². The molecule has 0 spiro atoms. The minimum atomic E-state index is -0.112. The molecule has 1 amide bonds. The molecule has 26 heavy (non-hydrogen) atoms. The number of thiazole rings is 1. The number of rotatable bonds is 5. The number of amides is 1. The number of benzene rings is 1. The van der Waals surface area contributed by atoms with Crippen LogP contribution in [0.3, 0.4) is 0 Å². The average molecular weight is 369 g/mol. The summed E-state index contributed by atoms with van der Waals surface area (Å²) in [7, 11) is 0. The predicted molar refractivity (Wildman–Crippen MR) is 101 cm³/mol. The first-order valence-electron chi connectivity index (χ1n) is 8.59. The predicted octanol–water partition coefficient (Wildman–Crippen LogP) is 1.64. The van der Waals surface area contributed by atoms with E-state index in [1.807, 2.05) is 23.6 Å². The summed E-state index contributed by atoms with van der Waals surface area (Å²) < 4.78 is 1.50. The number of hydrogen-bond acceptors (Lipinski definition) is 6. The molecule has 2 aromatic heterocycles. The van der Waals surface area contributed by atoms with Gasteiger partial charge in [-0.1, -0.05) is 12.1 Å². The van der Waals surface area contributed by atoms with Gasteiger partial charge in [0, 0.05) is 43.7 Å². The molecule has 1 saturated heterocycles. The fourth-order valence-electron chi connectivity index (χ4n) is 3.21. The first kappa shape index (κ1) is 16.7. The number of hydrogen-bond donors (Lipinski definition) is 1. The molecule has 3 aromatic rings. The van der Waals surface area contributed by atoms with E-state index >= 15 is 0 Å². The Morgan fingerprint density at radius 3 is 3.04 bits per heavy atom. The van der Waals surface area contributed by atoms with Crippen LogP contribution >= 0.6 is 11.3 Å². The number of nitrogens with zero attached hydrogens (tertiary/aromatic N) is 4. The van der Waals surface area contributed by atoms with E-state index in [1.165, 1.54) is 10.9 Å². The van der Waals surface area contributed by atoms with Crippen molar-refractivity contribution < 1.29 is 4.79 Å². The fourth-order valence-corrected chi connectivity index (χ4v) is 3.89. The molecule has 8 heteroatoms. The zero-order valence-electron chi connectivity index (χ0n) is 14.2. The third-order valence-corrected chi connectivity index (χ3v) is 5.39. The third-order valence-electron chi connectivity index (χ3n) is 4.55. The van der Waals surface area contributed by atoms with Crippen molar-refractivity contribution in [3.8, 4) is 0 Å². The van der Waals surface area contributed by atoms with Gasteiger partial charge < -0.3 is 10.2 Å². The van der Waals surface area contributed by atoms with Crippen LogP contribution in [0.15, 0.2) is 47.0 Å². The van der Waals surface area contributed by atoms with Gasteiger partial charge in [-0.15, -0.1) is 11.3 Å². The van der Waals surface area contributed by atoms with Gasteiger partial charge in [-0.05, 0) is 18.6 Å². The maximum absolute atomic E-state index is 12.4. The second-order valence-corrected chi connectivity index (χ2v) is 7.20. The van der Waals surface area contributed by atoms with Crippen LogP contribution in [-0.2, 0) is 11.3 Å². The Labute approximate surface area is 154 Å². The van der Waals surface area contributed by atoms with Crippen molar-refractivity contribution in [1.29, 1.82) is 0 Å². The zero-order valence-corrected chi connectivity index (χ0v) is 15.0. The maximum atomic E-state index is 12.4. The molecule has 0 bridgehead atoms. The van der Waals surface area contributed by atoms with Gasteiger partial charge >= 0.3 is 0 Å². The Morgan fingerprint density at radius 1 is 1.31 bits per heavy atom. The van der Waals surface area contributed by atoms with Gasteiger partial charge in [0.15, 0.2) is 5.13 Å². The van der Waals surface area contributed by atoms with Gasteiger partial charge in [0.05, 0.1) is 17.2 Å². The normalized spacial score (nSPS) is 16.9. The highest BCUT2D eigenvalue weighted by atomic mass is 32.1. The summed E-state index contributed by atoms with van der Waals surface area (Å²) in [5.41, 5.74) is 0.561. The monoisotopic (exact) mass is 369 g/mol. The molecule has 0 radical (unpaired) electrons. The standard InChI is InChI=1S/C18H19N5O2S/c24-16(21-13-5-8-22(11-13)18-19-7-10-26-18)6-9-23-12-20-15-4-2-1-3-14(15)17(23)25/h1-4,7,10,12-13H,5-6,8-9,11H2,(H,21,24). The van der Waals surface area contributed by atoms with Crippen LogP contribution in [0.2, 0.25) is 0 Å². The van der Waals surface area contributed by atoms with Crippen molar-refractivity contribution in [2.45, 2.75) is 25.4 Å². The van der Waals surface area contributed by atoms with Crippen molar-refractivity contribution in [2.24, 2.45) is 0 Å². The molecule has 4 rings (SSSR count). The highest BCUT2D eigenvalue weighted by Crippen LogP contribution is 2.22. The Hall–Kier alpha value is -2.74. The van der Waals surface area contributed by atoms with E-state index < -0.39 is 0 Å². The molecule has 1 aromatic carbocycles. The van der Waals surface area contributed by atoms with Crippen LogP contribution in [0.1, 0.15) is 12.8 Å². The molecule has 3 heterocycles. The van der Waals surface area contributed by atoms with Crippen LogP contribution < -0.4 is 15.8 Å². The van der Waals surface area contributed by atoms with E-state index in [2.05, 4.69) is 20.2 Å². The average Bonchev–Trinajstić information content (AvgIpc) is 3.33. The summed E-state index contributed by atoms with van der Waals surface area (Å²) in [4.78, 5) is 35.5.